The summed E-state index contributed by atoms with van der Waals surface area (Å²) in [6.45, 7) is 7.11. The number of hydrogen-bond acceptors (Lipinski definition) is 2. The number of aliphatic imine (C=N–C) groups is 1. The third kappa shape index (κ3) is 5.20. The maximum Gasteiger partial charge on any atom is 0.191 e. The van der Waals surface area contributed by atoms with E-state index >= 15 is 0 Å². The number of likely N-dealkylation sites (tertiary alicyclic amines) is 1. The molecule has 2 aliphatic rings. The Hall–Kier alpha value is -1.62. The average Bonchev–Trinajstić information content (AvgIpc) is 3.33. The average molecular weight is 332 g/mol. The van der Waals surface area contributed by atoms with Crippen LogP contribution in [0, 0.1) is 11.7 Å². The van der Waals surface area contributed by atoms with Gasteiger partial charge < -0.3 is 15.5 Å². The van der Waals surface area contributed by atoms with Crippen LogP contribution in [0.5, 0.6) is 0 Å². The minimum atomic E-state index is -0.182. The van der Waals surface area contributed by atoms with Gasteiger partial charge in [0.15, 0.2) is 5.96 Å². The lowest BCUT2D eigenvalue weighted by Gasteiger charge is -2.15. The van der Waals surface area contributed by atoms with Gasteiger partial charge in [-0.2, -0.15) is 0 Å². The molecule has 3 rings (SSSR count). The van der Waals surface area contributed by atoms with Gasteiger partial charge in [0, 0.05) is 32.2 Å². The quantitative estimate of drug-likeness (QED) is 0.595. The van der Waals surface area contributed by atoms with Crippen LogP contribution < -0.4 is 10.6 Å². The molecule has 4 nitrogen and oxygen atoms in total. The number of nitrogens with zero attached hydrogens (tertiary/aromatic N) is 2. The molecule has 1 aromatic carbocycles. The lowest BCUT2D eigenvalue weighted by atomic mass is 10.1. The second-order valence-corrected chi connectivity index (χ2v) is 6.90. The number of benzene rings is 1. The molecular formula is C19H29FN4. The fraction of sp³-hybridized carbons (Fsp3) is 0.632. The summed E-state index contributed by atoms with van der Waals surface area (Å²) in [7, 11) is 0. The number of hydrogen-bond donors (Lipinski definition) is 2. The predicted octanol–water partition coefficient (Wildman–Crippen LogP) is 2.41. The fourth-order valence-corrected chi connectivity index (χ4v) is 3.32. The second kappa shape index (κ2) is 8.47. The van der Waals surface area contributed by atoms with Crippen LogP contribution in [0.2, 0.25) is 0 Å². The monoisotopic (exact) mass is 332 g/mol. The molecule has 24 heavy (non-hydrogen) atoms. The largest absolute Gasteiger partial charge is 0.357 e. The molecule has 1 aromatic rings. The summed E-state index contributed by atoms with van der Waals surface area (Å²) in [6.07, 6.45) is 4.92. The first-order chi connectivity index (χ1) is 11.7. The molecule has 1 unspecified atom stereocenters. The predicted molar refractivity (Wildman–Crippen MR) is 96.8 cm³/mol. The van der Waals surface area contributed by atoms with Crippen molar-refractivity contribution in [1.82, 2.24) is 15.5 Å². The summed E-state index contributed by atoms with van der Waals surface area (Å²) in [5, 5.41) is 6.70. The van der Waals surface area contributed by atoms with E-state index in [0.717, 1.165) is 43.6 Å². The molecule has 1 atom stereocenters. The summed E-state index contributed by atoms with van der Waals surface area (Å²) in [5.74, 6) is 1.40. The molecule has 0 spiro atoms. The highest BCUT2D eigenvalue weighted by Gasteiger charge is 2.34. The van der Waals surface area contributed by atoms with E-state index in [0.29, 0.717) is 5.92 Å². The minimum Gasteiger partial charge on any atom is -0.357 e. The van der Waals surface area contributed by atoms with Crippen molar-refractivity contribution in [3.63, 3.8) is 0 Å². The highest BCUT2D eigenvalue weighted by atomic mass is 19.1. The zero-order valence-corrected chi connectivity index (χ0v) is 14.6. The van der Waals surface area contributed by atoms with Crippen LogP contribution in [0.1, 0.15) is 31.7 Å². The first kappa shape index (κ1) is 17.2. The van der Waals surface area contributed by atoms with Gasteiger partial charge in [-0.1, -0.05) is 12.1 Å². The van der Waals surface area contributed by atoms with Gasteiger partial charge >= 0.3 is 0 Å². The molecule has 0 aromatic heterocycles. The van der Waals surface area contributed by atoms with Gasteiger partial charge in [-0.05, 0) is 62.8 Å². The van der Waals surface area contributed by atoms with Gasteiger partial charge in [0.1, 0.15) is 5.82 Å². The number of guanidine groups is 1. The van der Waals surface area contributed by atoms with Crippen LogP contribution in [0.3, 0.4) is 0 Å². The van der Waals surface area contributed by atoms with E-state index in [9.17, 15) is 4.39 Å². The number of nitrogens with one attached hydrogen (secondary N) is 2. The highest BCUT2D eigenvalue weighted by molar-refractivity contribution is 5.79. The van der Waals surface area contributed by atoms with Gasteiger partial charge in [0.05, 0.1) is 0 Å². The molecule has 0 amide bonds. The molecule has 1 saturated heterocycles. The van der Waals surface area contributed by atoms with E-state index in [2.05, 4.69) is 22.5 Å². The van der Waals surface area contributed by atoms with Crippen LogP contribution in [-0.2, 0) is 6.42 Å². The van der Waals surface area contributed by atoms with Crippen molar-refractivity contribution in [2.75, 3.05) is 32.7 Å². The van der Waals surface area contributed by atoms with E-state index in [1.807, 2.05) is 12.1 Å². The lowest BCUT2D eigenvalue weighted by Crippen LogP contribution is -2.38. The molecular weight excluding hydrogens is 303 g/mol. The molecule has 1 saturated carbocycles. The van der Waals surface area contributed by atoms with E-state index in [-0.39, 0.29) is 5.82 Å². The molecule has 2 fully saturated rings. The van der Waals surface area contributed by atoms with Gasteiger partial charge in [-0.15, -0.1) is 0 Å². The molecule has 0 bridgehead atoms. The normalized spacial score (nSPS) is 21.9. The van der Waals surface area contributed by atoms with Crippen molar-refractivity contribution < 1.29 is 4.39 Å². The fourth-order valence-electron chi connectivity index (χ4n) is 3.32. The van der Waals surface area contributed by atoms with E-state index < -0.39 is 0 Å². The van der Waals surface area contributed by atoms with E-state index in [4.69, 9.17) is 4.99 Å². The van der Waals surface area contributed by atoms with Crippen molar-refractivity contribution in [2.24, 2.45) is 10.9 Å². The maximum atomic E-state index is 12.9. The zero-order valence-electron chi connectivity index (χ0n) is 14.6. The molecule has 1 aliphatic carbocycles. The Morgan fingerprint density at radius 2 is 2.00 bits per heavy atom. The van der Waals surface area contributed by atoms with Crippen molar-refractivity contribution in [3.05, 3.63) is 35.6 Å². The van der Waals surface area contributed by atoms with E-state index in [1.54, 1.807) is 0 Å². The van der Waals surface area contributed by atoms with Crippen molar-refractivity contribution in [2.45, 2.75) is 38.6 Å². The van der Waals surface area contributed by atoms with Crippen LogP contribution in [-0.4, -0.2) is 49.6 Å². The molecule has 0 radical (unpaired) electrons. The topological polar surface area (TPSA) is 39.7 Å². The van der Waals surface area contributed by atoms with Crippen LogP contribution in [0.25, 0.3) is 0 Å². The lowest BCUT2D eigenvalue weighted by molar-refractivity contribution is 0.315. The van der Waals surface area contributed by atoms with Crippen molar-refractivity contribution in [1.29, 1.82) is 0 Å². The SMILES string of the molecule is CCNC(=NCC1CCN(C2CC2)C1)NCCc1ccc(F)cc1. The number of halogens is 1. The zero-order chi connectivity index (χ0) is 16.8. The Morgan fingerprint density at radius 3 is 2.71 bits per heavy atom. The van der Waals surface area contributed by atoms with Gasteiger partial charge in [-0.25, -0.2) is 4.39 Å². The summed E-state index contributed by atoms with van der Waals surface area (Å²) in [5.41, 5.74) is 1.13. The maximum absolute atomic E-state index is 12.9. The molecule has 132 valence electrons. The summed E-state index contributed by atoms with van der Waals surface area (Å²) >= 11 is 0. The van der Waals surface area contributed by atoms with Crippen LogP contribution >= 0.6 is 0 Å². The van der Waals surface area contributed by atoms with E-state index in [1.165, 1.54) is 44.5 Å². The standard InChI is InChI=1S/C19H29FN4/c1-2-21-19(22-11-9-15-3-5-17(20)6-4-15)23-13-16-10-12-24(14-16)18-7-8-18/h3-6,16,18H,2,7-14H2,1H3,(H2,21,22,23). The highest BCUT2D eigenvalue weighted by Crippen LogP contribution is 2.31. The summed E-state index contributed by atoms with van der Waals surface area (Å²) < 4.78 is 12.9. The van der Waals surface area contributed by atoms with Gasteiger partial charge in [0.2, 0.25) is 0 Å². The summed E-state index contributed by atoms with van der Waals surface area (Å²) in [4.78, 5) is 7.40. The minimum absolute atomic E-state index is 0.182. The Morgan fingerprint density at radius 1 is 1.21 bits per heavy atom. The second-order valence-electron chi connectivity index (χ2n) is 6.90. The Labute approximate surface area is 144 Å². The van der Waals surface area contributed by atoms with Crippen molar-refractivity contribution >= 4 is 5.96 Å². The van der Waals surface area contributed by atoms with Crippen LogP contribution in [0.15, 0.2) is 29.3 Å². The first-order valence-electron chi connectivity index (χ1n) is 9.25. The first-order valence-corrected chi connectivity index (χ1v) is 9.25. The van der Waals surface area contributed by atoms with Gasteiger partial charge in [0.25, 0.3) is 0 Å². The molecule has 1 aliphatic heterocycles. The smallest absolute Gasteiger partial charge is 0.191 e. The molecule has 5 heteroatoms. The van der Waals surface area contributed by atoms with Gasteiger partial charge in [-0.3, -0.25) is 4.99 Å². The third-order valence-electron chi connectivity index (χ3n) is 4.85. The Kier molecular flexibility index (Phi) is 6.07. The van der Waals surface area contributed by atoms with Crippen LogP contribution in [0.4, 0.5) is 4.39 Å². The Balaban J connectivity index is 1.42. The molecule has 2 N–H and O–H groups in total. The number of rotatable bonds is 7. The molecule has 1 heterocycles. The third-order valence-corrected chi connectivity index (χ3v) is 4.85. The van der Waals surface area contributed by atoms with Crippen molar-refractivity contribution in [3.8, 4) is 0 Å². The Bertz CT molecular complexity index is 539. The summed E-state index contributed by atoms with van der Waals surface area (Å²) in [6, 6.07) is 7.58.